The van der Waals surface area contributed by atoms with Gasteiger partial charge in [0.2, 0.25) is 0 Å². The summed E-state index contributed by atoms with van der Waals surface area (Å²) in [5.74, 6) is 1.88. The molecule has 26 heavy (non-hydrogen) atoms. The van der Waals surface area contributed by atoms with Crippen LogP contribution < -0.4 is 10.6 Å². The molecule has 1 saturated carbocycles. The summed E-state index contributed by atoms with van der Waals surface area (Å²) in [6.07, 6.45) is 4.37. The predicted molar refractivity (Wildman–Crippen MR) is 95.3 cm³/mol. The van der Waals surface area contributed by atoms with Gasteiger partial charge in [0.05, 0.1) is 6.61 Å². The number of piperidine rings is 1. The maximum Gasteiger partial charge on any atom is 0.409 e. The summed E-state index contributed by atoms with van der Waals surface area (Å²) in [7, 11) is 0. The zero-order chi connectivity index (χ0) is 18.1. The molecule has 4 rings (SSSR count). The van der Waals surface area contributed by atoms with Gasteiger partial charge in [-0.1, -0.05) is 0 Å². The summed E-state index contributed by atoms with van der Waals surface area (Å²) in [4.78, 5) is 35.1. The van der Waals surface area contributed by atoms with Gasteiger partial charge in [-0.2, -0.15) is 0 Å². The Morgan fingerprint density at radius 1 is 1.27 bits per heavy atom. The third-order valence-corrected chi connectivity index (χ3v) is 5.20. The molecule has 2 fully saturated rings. The molecular formula is C18H25N5O3. The Bertz CT molecular complexity index is 711. The number of carbonyl (C=O) groups excluding carboxylic acids is 2. The van der Waals surface area contributed by atoms with Gasteiger partial charge < -0.3 is 20.3 Å². The molecule has 0 unspecified atom stereocenters. The van der Waals surface area contributed by atoms with E-state index in [1.807, 2.05) is 6.92 Å². The number of hydrogen-bond acceptors (Lipinski definition) is 6. The molecule has 3 heterocycles. The molecule has 0 radical (unpaired) electrons. The number of nitrogens with zero attached hydrogens (tertiary/aromatic N) is 3. The molecule has 1 aliphatic carbocycles. The van der Waals surface area contributed by atoms with Crippen molar-refractivity contribution in [3.8, 4) is 0 Å². The van der Waals surface area contributed by atoms with Crippen LogP contribution in [0.3, 0.4) is 0 Å². The van der Waals surface area contributed by atoms with Crippen molar-refractivity contribution >= 4 is 17.8 Å². The van der Waals surface area contributed by atoms with Crippen molar-refractivity contribution in [1.29, 1.82) is 0 Å². The fourth-order valence-electron chi connectivity index (χ4n) is 3.57. The molecule has 0 atom stereocenters. The molecule has 3 aliphatic rings. The third-order valence-electron chi connectivity index (χ3n) is 5.20. The van der Waals surface area contributed by atoms with E-state index in [1.54, 1.807) is 4.90 Å². The predicted octanol–water partition coefficient (Wildman–Crippen LogP) is 1.67. The Hall–Kier alpha value is -2.38. The number of amides is 2. The van der Waals surface area contributed by atoms with Gasteiger partial charge in [0.25, 0.3) is 5.91 Å². The Morgan fingerprint density at radius 2 is 2.04 bits per heavy atom. The molecule has 0 aromatic carbocycles. The molecule has 1 saturated heterocycles. The van der Waals surface area contributed by atoms with Crippen LogP contribution in [0.15, 0.2) is 0 Å². The average Bonchev–Trinajstić information content (AvgIpc) is 3.48. The van der Waals surface area contributed by atoms with Crippen LogP contribution in [-0.4, -0.2) is 59.2 Å². The van der Waals surface area contributed by atoms with E-state index in [1.165, 1.54) is 0 Å². The largest absolute Gasteiger partial charge is 0.450 e. The second-order valence-electron chi connectivity index (χ2n) is 7.14. The maximum absolute atomic E-state index is 12.2. The smallest absolute Gasteiger partial charge is 0.409 e. The quantitative estimate of drug-likeness (QED) is 0.849. The number of hydrogen-bond donors (Lipinski definition) is 2. The molecule has 2 amide bonds. The summed E-state index contributed by atoms with van der Waals surface area (Å²) in [6, 6.07) is 0.233. The monoisotopic (exact) mass is 359 g/mol. The van der Waals surface area contributed by atoms with Gasteiger partial charge in [0.1, 0.15) is 17.3 Å². The Balaban J connectivity index is 1.48. The standard InChI is InChI=1S/C18H25N5O3/c1-2-26-18(25)23-9-6-12(7-10-23)20-16-13-5-8-19-17(24)14(13)21-15(22-16)11-3-4-11/h11-12H,2-10H2,1H3,(H,19,24)(H,20,21,22). The molecule has 140 valence electrons. The van der Waals surface area contributed by atoms with E-state index in [0.29, 0.717) is 37.9 Å². The van der Waals surface area contributed by atoms with Gasteiger partial charge >= 0.3 is 6.09 Å². The summed E-state index contributed by atoms with van der Waals surface area (Å²) < 4.78 is 5.07. The highest BCUT2D eigenvalue weighted by Gasteiger charge is 2.32. The van der Waals surface area contributed by atoms with Gasteiger partial charge in [0.15, 0.2) is 0 Å². The molecule has 0 spiro atoms. The van der Waals surface area contributed by atoms with Gasteiger partial charge in [-0.25, -0.2) is 14.8 Å². The maximum atomic E-state index is 12.2. The minimum atomic E-state index is -0.238. The van der Waals surface area contributed by atoms with Crippen LogP contribution in [0, 0.1) is 0 Å². The van der Waals surface area contributed by atoms with Crippen molar-refractivity contribution in [2.24, 2.45) is 0 Å². The zero-order valence-electron chi connectivity index (χ0n) is 15.1. The zero-order valence-corrected chi connectivity index (χ0v) is 15.1. The molecule has 2 N–H and O–H groups in total. The SMILES string of the molecule is CCOC(=O)N1CCC(Nc2nc(C3CC3)nc3c2CCNC3=O)CC1. The first-order valence-electron chi connectivity index (χ1n) is 9.53. The van der Waals surface area contributed by atoms with E-state index in [-0.39, 0.29) is 18.0 Å². The normalized spacial score (nSPS) is 20.3. The van der Waals surface area contributed by atoms with Crippen molar-refractivity contribution in [1.82, 2.24) is 20.2 Å². The van der Waals surface area contributed by atoms with Crippen molar-refractivity contribution in [3.63, 3.8) is 0 Å². The van der Waals surface area contributed by atoms with Crippen LogP contribution >= 0.6 is 0 Å². The molecule has 8 nitrogen and oxygen atoms in total. The fraction of sp³-hybridized carbons (Fsp3) is 0.667. The summed E-state index contributed by atoms with van der Waals surface area (Å²) in [5.41, 5.74) is 1.45. The number of nitrogens with one attached hydrogen (secondary N) is 2. The lowest BCUT2D eigenvalue weighted by atomic mass is 10.0. The number of rotatable bonds is 4. The summed E-state index contributed by atoms with van der Waals surface area (Å²) in [6.45, 7) is 4.17. The van der Waals surface area contributed by atoms with E-state index >= 15 is 0 Å². The van der Waals surface area contributed by atoms with E-state index < -0.39 is 0 Å². The van der Waals surface area contributed by atoms with Gasteiger partial charge in [0, 0.05) is 37.2 Å². The van der Waals surface area contributed by atoms with Crippen LogP contribution in [0.5, 0.6) is 0 Å². The number of fused-ring (bicyclic) bond motifs is 1. The van der Waals surface area contributed by atoms with Crippen molar-refractivity contribution in [3.05, 3.63) is 17.1 Å². The number of aromatic nitrogens is 2. The van der Waals surface area contributed by atoms with Crippen molar-refractivity contribution < 1.29 is 14.3 Å². The summed E-state index contributed by atoms with van der Waals surface area (Å²) >= 11 is 0. The number of carbonyl (C=O) groups is 2. The minimum absolute atomic E-state index is 0.101. The van der Waals surface area contributed by atoms with Crippen LogP contribution in [0.1, 0.15) is 60.4 Å². The Kier molecular flexibility index (Phi) is 4.65. The topological polar surface area (TPSA) is 96.4 Å². The van der Waals surface area contributed by atoms with Crippen LogP contribution in [0.4, 0.5) is 10.6 Å². The van der Waals surface area contributed by atoms with Crippen LogP contribution in [0.2, 0.25) is 0 Å². The Labute approximate surface area is 152 Å². The third kappa shape index (κ3) is 3.45. The lowest BCUT2D eigenvalue weighted by Crippen LogP contribution is -2.43. The second kappa shape index (κ2) is 7.09. The highest BCUT2D eigenvalue weighted by atomic mass is 16.6. The van der Waals surface area contributed by atoms with Crippen molar-refractivity contribution in [2.45, 2.75) is 51.0 Å². The summed E-state index contributed by atoms with van der Waals surface area (Å²) in [5, 5.41) is 6.40. The molecule has 0 bridgehead atoms. The molecule has 8 heteroatoms. The number of anilines is 1. The highest BCUT2D eigenvalue weighted by molar-refractivity contribution is 5.96. The molecular weight excluding hydrogens is 334 g/mol. The van der Waals surface area contributed by atoms with E-state index in [9.17, 15) is 9.59 Å². The molecule has 1 aromatic heterocycles. The first kappa shape index (κ1) is 17.1. The van der Waals surface area contributed by atoms with E-state index in [4.69, 9.17) is 9.72 Å². The lowest BCUT2D eigenvalue weighted by molar-refractivity contribution is 0.0937. The first-order valence-corrected chi connectivity index (χ1v) is 9.53. The van der Waals surface area contributed by atoms with Gasteiger partial charge in [-0.3, -0.25) is 4.79 Å². The number of likely N-dealkylation sites (tertiary alicyclic amines) is 1. The Morgan fingerprint density at radius 3 is 2.73 bits per heavy atom. The molecule has 2 aliphatic heterocycles. The minimum Gasteiger partial charge on any atom is -0.450 e. The van der Waals surface area contributed by atoms with Gasteiger partial charge in [-0.15, -0.1) is 0 Å². The fourth-order valence-corrected chi connectivity index (χ4v) is 3.57. The average molecular weight is 359 g/mol. The van der Waals surface area contributed by atoms with E-state index in [0.717, 1.165) is 49.3 Å². The first-order chi connectivity index (χ1) is 12.7. The highest BCUT2D eigenvalue weighted by Crippen LogP contribution is 2.39. The molecule has 1 aromatic rings. The number of ether oxygens (including phenoxy) is 1. The van der Waals surface area contributed by atoms with Crippen LogP contribution in [-0.2, 0) is 11.2 Å². The second-order valence-corrected chi connectivity index (χ2v) is 7.14. The van der Waals surface area contributed by atoms with Crippen molar-refractivity contribution in [2.75, 3.05) is 31.6 Å². The van der Waals surface area contributed by atoms with Gasteiger partial charge in [-0.05, 0) is 39.0 Å². The lowest BCUT2D eigenvalue weighted by Gasteiger charge is -2.32. The van der Waals surface area contributed by atoms with Crippen LogP contribution in [0.25, 0.3) is 0 Å². The van der Waals surface area contributed by atoms with E-state index in [2.05, 4.69) is 15.6 Å².